The summed E-state index contributed by atoms with van der Waals surface area (Å²) < 4.78 is 5.12. The van der Waals surface area contributed by atoms with Crippen LogP contribution in [0.5, 0.6) is 0 Å². The topological polar surface area (TPSA) is 38.1 Å². The fourth-order valence-electron chi connectivity index (χ4n) is 0.948. The average molecular weight is 156 g/mol. The van der Waals surface area contributed by atoms with Crippen molar-refractivity contribution in [1.82, 2.24) is 10.3 Å². The molecule has 2 rings (SSSR count). The van der Waals surface area contributed by atoms with E-state index in [1.807, 2.05) is 11.8 Å². The molecule has 10 heavy (non-hydrogen) atoms. The van der Waals surface area contributed by atoms with Crippen LogP contribution in [0.25, 0.3) is 0 Å². The SMILES string of the molecule is c1coc(C2NCCS2)n1. The average Bonchev–Trinajstić information content (AvgIpc) is 2.59. The van der Waals surface area contributed by atoms with E-state index in [-0.39, 0.29) is 5.37 Å². The van der Waals surface area contributed by atoms with Gasteiger partial charge in [-0.25, -0.2) is 4.98 Å². The number of hydrogen-bond acceptors (Lipinski definition) is 4. The van der Waals surface area contributed by atoms with E-state index < -0.39 is 0 Å². The van der Waals surface area contributed by atoms with Gasteiger partial charge < -0.3 is 4.42 Å². The highest BCUT2D eigenvalue weighted by molar-refractivity contribution is 7.99. The summed E-state index contributed by atoms with van der Waals surface area (Å²) in [5.41, 5.74) is 0. The minimum Gasteiger partial charge on any atom is -0.446 e. The zero-order valence-electron chi connectivity index (χ0n) is 5.41. The maximum Gasteiger partial charge on any atom is 0.221 e. The Morgan fingerprint density at radius 1 is 1.80 bits per heavy atom. The first kappa shape index (κ1) is 6.24. The monoisotopic (exact) mass is 156 g/mol. The summed E-state index contributed by atoms with van der Waals surface area (Å²) >= 11 is 1.83. The molecule has 1 fully saturated rings. The summed E-state index contributed by atoms with van der Waals surface area (Å²) in [7, 11) is 0. The number of thioether (sulfide) groups is 1. The Balaban J connectivity index is 2.12. The molecule has 0 bridgehead atoms. The molecule has 2 heterocycles. The maximum absolute atomic E-state index is 5.12. The summed E-state index contributed by atoms with van der Waals surface area (Å²) in [5.74, 6) is 1.94. The Labute approximate surface area is 63.2 Å². The van der Waals surface area contributed by atoms with E-state index in [0.717, 1.165) is 18.2 Å². The zero-order valence-corrected chi connectivity index (χ0v) is 6.23. The highest BCUT2D eigenvalue weighted by atomic mass is 32.2. The summed E-state index contributed by atoms with van der Waals surface area (Å²) in [6.07, 6.45) is 3.28. The van der Waals surface area contributed by atoms with Crippen LogP contribution in [-0.2, 0) is 0 Å². The molecule has 1 aliphatic heterocycles. The fraction of sp³-hybridized carbons (Fsp3) is 0.500. The van der Waals surface area contributed by atoms with Crippen molar-refractivity contribution in [3.8, 4) is 0 Å². The van der Waals surface area contributed by atoms with Crippen LogP contribution in [0.15, 0.2) is 16.9 Å². The predicted octanol–water partition coefficient (Wildman–Crippen LogP) is 1.01. The lowest BCUT2D eigenvalue weighted by atomic mass is 10.6. The summed E-state index contributed by atoms with van der Waals surface area (Å²) in [5, 5.41) is 3.55. The van der Waals surface area contributed by atoms with Gasteiger partial charge in [0.25, 0.3) is 0 Å². The van der Waals surface area contributed by atoms with Crippen molar-refractivity contribution < 1.29 is 4.42 Å². The Morgan fingerprint density at radius 2 is 2.80 bits per heavy atom. The molecule has 1 aromatic rings. The molecule has 1 aliphatic rings. The van der Waals surface area contributed by atoms with Crippen LogP contribution in [-0.4, -0.2) is 17.3 Å². The molecule has 3 nitrogen and oxygen atoms in total. The molecular formula is C6H8N2OS. The molecule has 4 heteroatoms. The molecule has 0 amide bonds. The fourth-order valence-corrected chi connectivity index (χ4v) is 1.91. The van der Waals surface area contributed by atoms with Crippen LogP contribution in [0, 0.1) is 0 Å². The molecule has 0 aliphatic carbocycles. The number of rotatable bonds is 1. The highest BCUT2D eigenvalue weighted by Crippen LogP contribution is 2.27. The maximum atomic E-state index is 5.12. The van der Waals surface area contributed by atoms with Crippen molar-refractivity contribution in [2.75, 3.05) is 12.3 Å². The third-order valence-electron chi connectivity index (χ3n) is 1.39. The van der Waals surface area contributed by atoms with E-state index >= 15 is 0 Å². The lowest BCUT2D eigenvalue weighted by molar-refractivity contribution is 0.473. The first-order chi connectivity index (χ1) is 4.97. The first-order valence-electron chi connectivity index (χ1n) is 3.21. The van der Waals surface area contributed by atoms with Gasteiger partial charge in [0.15, 0.2) is 0 Å². The van der Waals surface area contributed by atoms with Crippen LogP contribution in [0.2, 0.25) is 0 Å². The summed E-state index contributed by atoms with van der Waals surface area (Å²) in [6.45, 7) is 1.05. The zero-order chi connectivity index (χ0) is 6.81. The van der Waals surface area contributed by atoms with Crippen LogP contribution in [0.1, 0.15) is 11.3 Å². The Hall–Kier alpha value is -0.480. The second kappa shape index (κ2) is 2.64. The third kappa shape index (κ3) is 1.04. The van der Waals surface area contributed by atoms with E-state index in [4.69, 9.17) is 4.42 Å². The normalized spacial score (nSPS) is 25.4. The van der Waals surface area contributed by atoms with Crippen molar-refractivity contribution in [3.05, 3.63) is 18.4 Å². The van der Waals surface area contributed by atoms with Gasteiger partial charge in [-0.2, -0.15) is 0 Å². The van der Waals surface area contributed by atoms with E-state index in [1.165, 1.54) is 0 Å². The minimum atomic E-state index is 0.287. The van der Waals surface area contributed by atoms with Gasteiger partial charge in [0.1, 0.15) is 11.6 Å². The van der Waals surface area contributed by atoms with Gasteiger partial charge in [0.05, 0.1) is 6.20 Å². The van der Waals surface area contributed by atoms with Gasteiger partial charge in [0, 0.05) is 12.3 Å². The molecule has 1 unspecified atom stereocenters. The van der Waals surface area contributed by atoms with E-state index in [2.05, 4.69) is 10.3 Å². The summed E-state index contributed by atoms with van der Waals surface area (Å²) in [4.78, 5) is 4.05. The van der Waals surface area contributed by atoms with Gasteiger partial charge in [0.2, 0.25) is 5.89 Å². The van der Waals surface area contributed by atoms with Gasteiger partial charge in [-0.3, -0.25) is 5.32 Å². The van der Waals surface area contributed by atoms with Crippen molar-refractivity contribution in [1.29, 1.82) is 0 Å². The Morgan fingerprint density at radius 3 is 3.40 bits per heavy atom. The van der Waals surface area contributed by atoms with Crippen molar-refractivity contribution in [2.24, 2.45) is 0 Å². The standard InChI is InChI=1S/C6H8N2OS/c1-3-9-5(7-1)6-8-2-4-10-6/h1,3,6,8H,2,4H2. The second-order valence-electron chi connectivity index (χ2n) is 2.08. The van der Waals surface area contributed by atoms with Gasteiger partial charge in [-0.1, -0.05) is 0 Å². The summed E-state index contributed by atoms with van der Waals surface area (Å²) in [6, 6.07) is 0. The molecule has 1 N–H and O–H groups in total. The third-order valence-corrected chi connectivity index (χ3v) is 2.53. The number of aromatic nitrogens is 1. The molecule has 1 atom stereocenters. The molecule has 0 aromatic carbocycles. The lowest BCUT2D eigenvalue weighted by Crippen LogP contribution is -2.11. The van der Waals surface area contributed by atoms with Gasteiger partial charge >= 0.3 is 0 Å². The molecule has 54 valence electrons. The predicted molar refractivity (Wildman–Crippen MR) is 39.7 cm³/mol. The minimum absolute atomic E-state index is 0.287. The largest absolute Gasteiger partial charge is 0.446 e. The number of nitrogens with one attached hydrogen (secondary N) is 1. The molecule has 1 aromatic heterocycles. The van der Waals surface area contributed by atoms with Gasteiger partial charge in [-0.15, -0.1) is 11.8 Å². The van der Waals surface area contributed by atoms with Crippen LogP contribution in [0.3, 0.4) is 0 Å². The van der Waals surface area contributed by atoms with Crippen LogP contribution >= 0.6 is 11.8 Å². The number of nitrogens with zero attached hydrogens (tertiary/aromatic N) is 1. The molecule has 0 saturated carbocycles. The van der Waals surface area contributed by atoms with Crippen molar-refractivity contribution >= 4 is 11.8 Å². The van der Waals surface area contributed by atoms with E-state index in [9.17, 15) is 0 Å². The van der Waals surface area contributed by atoms with Crippen LogP contribution < -0.4 is 5.32 Å². The molecule has 0 radical (unpaired) electrons. The second-order valence-corrected chi connectivity index (χ2v) is 3.29. The Kier molecular flexibility index (Phi) is 1.65. The number of oxazole rings is 1. The first-order valence-corrected chi connectivity index (χ1v) is 4.26. The van der Waals surface area contributed by atoms with Crippen molar-refractivity contribution in [2.45, 2.75) is 5.37 Å². The quantitative estimate of drug-likeness (QED) is 0.658. The molecule has 0 spiro atoms. The lowest BCUT2D eigenvalue weighted by Gasteiger charge is -2.01. The smallest absolute Gasteiger partial charge is 0.221 e. The van der Waals surface area contributed by atoms with Gasteiger partial charge in [-0.05, 0) is 0 Å². The van der Waals surface area contributed by atoms with E-state index in [1.54, 1.807) is 12.5 Å². The van der Waals surface area contributed by atoms with E-state index in [0.29, 0.717) is 0 Å². The molecular weight excluding hydrogens is 148 g/mol. The number of hydrogen-bond donors (Lipinski definition) is 1. The van der Waals surface area contributed by atoms with Crippen LogP contribution in [0.4, 0.5) is 0 Å². The highest BCUT2D eigenvalue weighted by Gasteiger charge is 2.19. The van der Waals surface area contributed by atoms with Crippen molar-refractivity contribution in [3.63, 3.8) is 0 Å². The molecule has 1 saturated heterocycles. The Bertz CT molecular complexity index is 194.